The summed E-state index contributed by atoms with van der Waals surface area (Å²) in [7, 11) is 0. The molecule has 2 nitrogen and oxygen atoms in total. The first-order valence-electron chi connectivity index (χ1n) is 7.06. The average Bonchev–Trinajstić information content (AvgIpc) is 2.97. The number of allylic oxidation sites excluding steroid dienone is 2. The van der Waals surface area contributed by atoms with Crippen molar-refractivity contribution >= 4 is 21.6 Å². The Balaban J connectivity index is 1.84. The lowest BCUT2D eigenvalue weighted by Crippen LogP contribution is -2.29. The summed E-state index contributed by atoms with van der Waals surface area (Å²) in [4.78, 5) is 4.20. The van der Waals surface area contributed by atoms with Gasteiger partial charge in [-0.1, -0.05) is 34.1 Å². The van der Waals surface area contributed by atoms with Gasteiger partial charge in [0, 0.05) is 22.8 Å². The standard InChI is InChI=1S/C17H14BrFN2/c18-11-7-14-12-4-1-5-13(12)16(10-3-2-6-20-9-10)21-17(14)15(19)8-11/h1-4,6-9,12-13,16,21H,5H2/t12-,13-,16+/m0/s1. The van der Waals surface area contributed by atoms with Crippen LogP contribution in [-0.2, 0) is 0 Å². The topological polar surface area (TPSA) is 24.9 Å². The second-order valence-electron chi connectivity index (χ2n) is 5.61. The van der Waals surface area contributed by atoms with Crippen LogP contribution in [0.15, 0.2) is 53.3 Å². The lowest BCUT2D eigenvalue weighted by Gasteiger charge is -2.37. The van der Waals surface area contributed by atoms with E-state index in [2.05, 4.69) is 44.4 Å². The molecule has 1 aliphatic carbocycles. The number of hydrogen-bond donors (Lipinski definition) is 1. The summed E-state index contributed by atoms with van der Waals surface area (Å²) in [6, 6.07) is 7.63. The molecular formula is C17H14BrFN2. The van der Waals surface area contributed by atoms with Gasteiger partial charge in [0.15, 0.2) is 0 Å². The van der Waals surface area contributed by atoms with E-state index in [9.17, 15) is 4.39 Å². The molecule has 0 saturated carbocycles. The molecule has 3 atom stereocenters. The Bertz CT molecular complexity index is 714. The summed E-state index contributed by atoms with van der Waals surface area (Å²) in [5, 5.41) is 3.40. The first-order valence-corrected chi connectivity index (χ1v) is 7.85. The zero-order valence-corrected chi connectivity index (χ0v) is 12.8. The quantitative estimate of drug-likeness (QED) is 0.751. The van der Waals surface area contributed by atoms with Gasteiger partial charge in [-0.15, -0.1) is 0 Å². The monoisotopic (exact) mass is 344 g/mol. The van der Waals surface area contributed by atoms with E-state index in [1.807, 2.05) is 18.3 Å². The number of nitrogens with one attached hydrogen (secondary N) is 1. The fourth-order valence-corrected chi connectivity index (χ4v) is 3.96. The summed E-state index contributed by atoms with van der Waals surface area (Å²) in [6.45, 7) is 0. The number of hydrogen-bond acceptors (Lipinski definition) is 2. The summed E-state index contributed by atoms with van der Waals surface area (Å²) < 4.78 is 15.1. The third-order valence-corrected chi connectivity index (χ3v) is 4.89. The molecule has 0 amide bonds. The molecule has 4 rings (SSSR count). The predicted molar refractivity (Wildman–Crippen MR) is 84.7 cm³/mol. The number of nitrogens with zero attached hydrogens (tertiary/aromatic N) is 1. The minimum atomic E-state index is -0.202. The van der Waals surface area contributed by atoms with Crippen LogP contribution < -0.4 is 5.32 Å². The van der Waals surface area contributed by atoms with Gasteiger partial charge in [-0.2, -0.15) is 0 Å². The van der Waals surface area contributed by atoms with Crippen molar-refractivity contribution in [3.63, 3.8) is 0 Å². The highest BCUT2D eigenvalue weighted by Gasteiger charge is 2.39. The van der Waals surface area contributed by atoms with E-state index in [-0.39, 0.29) is 17.8 Å². The molecule has 0 unspecified atom stereocenters. The fraction of sp³-hybridized carbons (Fsp3) is 0.235. The summed E-state index contributed by atoms with van der Waals surface area (Å²) in [5.41, 5.74) is 2.78. The van der Waals surface area contributed by atoms with Gasteiger partial charge in [-0.05, 0) is 41.7 Å². The number of rotatable bonds is 1. The molecule has 0 radical (unpaired) electrons. The third-order valence-electron chi connectivity index (χ3n) is 4.43. The summed E-state index contributed by atoms with van der Waals surface area (Å²) in [6.07, 6.45) is 9.05. The normalized spacial score (nSPS) is 26.1. The van der Waals surface area contributed by atoms with Gasteiger partial charge in [0.05, 0.1) is 11.7 Å². The highest BCUT2D eigenvalue weighted by molar-refractivity contribution is 9.10. The minimum Gasteiger partial charge on any atom is -0.375 e. The molecule has 2 heterocycles. The second-order valence-corrected chi connectivity index (χ2v) is 6.53. The van der Waals surface area contributed by atoms with Crippen LogP contribution in [0.4, 0.5) is 10.1 Å². The Labute approximate surface area is 131 Å². The SMILES string of the molecule is Fc1cc(Br)cc2c1N[C@H](c1cccnc1)[C@H]1CC=C[C@H]21. The molecule has 2 aromatic rings. The number of anilines is 1. The average molecular weight is 345 g/mol. The molecule has 0 saturated heterocycles. The Kier molecular flexibility index (Phi) is 3.07. The second kappa shape index (κ2) is 4.95. The molecule has 21 heavy (non-hydrogen) atoms. The summed E-state index contributed by atoms with van der Waals surface area (Å²) in [5.74, 6) is 0.473. The lowest BCUT2D eigenvalue weighted by molar-refractivity contribution is 0.420. The number of fused-ring (bicyclic) bond motifs is 3. The van der Waals surface area contributed by atoms with Gasteiger partial charge in [0.25, 0.3) is 0 Å². The maximum atomic E-state index is 14.3. The number of benzene rings is 1. The molecule has 0 fully saturated rings. The largest absolute Gasteiger partial charge is 0.375 e. The Morgan fingerprint density at radius 2 is 2.24 bits per heavy atom. The van der Waals surface area contributed by atoms with Crippen LogP contribution >= 0.6 is 15.9 Å². The Morgan fingerprint density at radius 3 is 3.05 bits per heavy atom. The maximum absolute atomic E-state index is 14.3. The molecule has 1 aliphatic heterocycles. The minimum absolute atomic E-state index is 0.0990. The van der Waals surface area contributed by atoms with Crippen molar-refractivity contribution in [1.82, 2.24) is 4.98 Å². The van der Waals surface area contributed by atoms with Crippen molar-refractivity contribution in [1.29, 1.82) is 0 Å². The first-order chi connectivity index (χ1) is 10.2. The van der Waals surface area contributed by atoms with E-state index in [0.717, 1.165) is 22.0 Å². The van der Waals surface area contributed by atoms with E-state index in [1.54, 1.807) is 6.20 Å². The van der Waals surface area contributed by atoms with Crippen LogP contribution in [-0.4, -0.2) is 4.98 Å². The lowest BCUT2D eigenvalue weighted by atomic mass is 9.77. The predicted octanol–water partition coefficient (Wildman–Crippen LogP) is 4.81. The fourth-order valence-electron chi connectivity index (χ4n) is 3.51. The molecule has 1 aromatic heterocycles. The maximum Gasteiger partial charge on any atom is 0.147 e. The molecule has 2 aliphatic rings. The highest BCUT2D eigenvalue weighted by Crippen LogP contribution is 2.50. The van der Waals surface area contributed by atoms with Crippen LogP contribution in [0, 0.1) is 11.7 Å². The van der Waals surface area contributed by atoms with Crippen molar-refractivity contribution < 1.29 is 4.39 Å². The van der Waals surface area contributed by atoms with Gasteiger partial charge in [-0.25, -0.2) is 4.39 Å². The smallest absolute Gasteiger partial charge is 0.147 e. The molecule has 4 heteroatoms. The van der Waals surface area contributed by atoms with Crippen LogP contribution in [0.25, 0.3) is 0 Å². The Hall–Kier alpha value is -1.68. The van der Waals surface area contributed by atoms with Gasteiger partial charge in [0.1, 0.15) is 5.82 Å². The van der Waals surface area contributed by atoms with Crippen LogP contribution in [0.5, 0.6) is 0 Å². The number of halogens is 2. The van der Waals surface area contributed by atoms with Gasteiger partial charge >= 0.3 is 0 Å². The number of pyridine rings is 1. The third kappa shape index (κ3) is 2.09. The molecule has 106 valence electrons. The van der Waals surface area contributed by atoms with Crippen molar-refractivity contribution in [3.05, 3.63) is 70.2 Å². The van der Waals surface area contributed by atoms with Crippen molar-refractivity contribution in [2.24, 2.45) is 5.92 Å². The molecule has 1 aromatic carbocycles. The van der Waals surface area contributed by atoms with E-state index in [0.29, 0.717) is 11.6 Å². The zero-order valence-electron chi connectivity index (χ0n) is 11.3. The zero-order chi connectivity index (χ0) is 14.4. The van der Waals surface area contributed by atoms with E-state index >= 15 is 0 Å². The molecule has 0 bridgehead atoms. The van der Waals surface area contributed by atoms with Crippen LogP contribution in [0.3, 0.4) is 0 Å². The van der Waals surface area contributed by atoms with Crippen LogP contribution in [0.1, 0.15) is 29.5 Å². The van der Waals surface area contributed by atoms with E-state index in [4.69, 9.17) is 0 Å². The first kappa shape index (κ1) is 13.0. The highest BCUT2D eigenvalue weighted by atomic mass is 79.9. The van der Waals surface area contributed by atoms with Crippen molar-refractivity contribution in [2.45, 2.75) is 18.4 Å². The molecule has 1 N–H and O–H groups in total. The van der Waals surface area contributed by atoms with Crippen LogP contribution in [0.2, 0.25) is 0 Å². The summed E-state index contributed by atoms with van der Waals surface area (Å²) >= 11 is 3.40. The van der Waals surface area contributed by atoms with Gasteiger partial charge < -0.3 is 5.32 Å². The number of aromatic nitrogens is 1. The molecule has 0 spiro atoms. The van der Waals surface area contributed by atoms with E-state index in [1.165, 1.54) is 6.07 Å². The van der Waals surface area contributed by atoms with E-state index < -0.39 is 0 Å². The van der Waals surface area contributed by atoms with Crippen molar-refractivity contribution in [2.75, 3.05) is 5.32 Å². The van der Waals surface area contributed by atoms with Gasteiger partial charge in [0.2, 0.25) is 0 Å². The van der Waals surface area contributed by atoms with Gasteiger partial charge in [-0.3, -0.25) is 4.98 Å². The van der Waals surface area contributed by atoms with Crippen molar-refractivity contribution in [3.8, 4) is 0 Å². The molecular weight excluding hydrogens is 331 g/mol. The Morgan fingerprint density at radius 1 is 1.33 bits per heavy atom.